The van der Waals surface area contributed by atoms with E-state index in [0.717, 1.165) is 38.2 Å². The van der Waals surface area contributed by atoms with E-state index in [1.165, 1.54) is 0 Å². The maximum Gasteiger partial charge on any atom is 0.240 e. The van der Waals surface area contributed by atoms with E-state index >= 15 is 0 Å². The molecule has 0 bridgehead atoms. The SMILES string of the molecule is Cc1cccc(S(=O)(=O)NCc2ccc(CNc3cc(-c4ccccc4Cl)nc4c(Br)cnn34)cc2)c1. The number of hydrogen-bond donors (Lipinski definition) is 2. The van der Waals surface area contributed by atoms with Gasteiger partial charge < -0.3 is 5.32 Å². The van der Waals surface area contributed by atoms with E-state index in [9.17, 15) is 8.42 Å². The van der Waals surface area contributed by atoms with Crippen molar-refractivity contribution in [3.05, 3.63) is 111 Å². The first-order chi connectivity index (χ1) is 17.8. The average Bonchev–Trinajstić information content (AvgIpc) is 3.27. The van der Waals surface area contributed by atoms with E-state index in [1.807, 2.05) is 67.6 Å². The molecule has 5 rings (SSSR count). The van der Waals surface area contributed by atoms with Crippen molar-refractivity contribution in [2.75, 3.05) is 5.32 Å². The fourth-order valence-corrected chi connectivity index (χ4v) is 5.58. The van der Waals surface area contributed by atoms with Gasteiger partial charge in [0.15, 0.2) is 5.65 Å². The zero-order chi connectivity index (χ0) is 26.0. The van der Waals surface area contributed by atoms with Gasteiger partial charge in [-0.25, -0.2) is 18.1 Å². The van der Waals surface area contributed by atoms with Crippen molar-refractivity contribution in [2.24, 2.45) is 0 Å². The minimum Gasteiger partial charge on any atom is -0.366 e. The molecule has 0 aliphatic carbocycles. The summed E-state index contributed by atoms with van der Waals surface area (Å²) in [6.45, 7) is 2.61. The van der Waals surface area contributed by atoms with E-state index in [0.29, 0.717) is 17.2 Å². The molecule has 188 valence electrons. The molecule has 37 heavy (non-hydrogen) atoms. The Morgan fingerprint density at radius 3 is 2.41 bits per heavy atom. The second kappa shape index (κ2) is 10.6. The minimum atomic E-state index is -3.58. The lowest BCUT2D eigenvalue weighted by molar-refractivity contribution is 0.581. The topological polar surface area (TPSA) is 88.4 Å². The predicted octanol–water partition coefficient (Wildman–Crippen LogP) is 6.21. The van der Waals surface area contributed by atoms with Crippen LogP contribution in [0.1, 0.15) is 16.7 Å². The van der Waals surface area contributed by atoms with Crippen LogP contribution in [0.5, 0.6) is 0 Å². The fraction of sp³-hybridized carbons (Fsp3) is 0.111. The molecule has 0 fully saturated rings. The van der Waals surface area contributed by atoms with Gasteiger partial charge in [-0.15, -0.1) is 0 Å². The van der Waals surface area contributed by atoms with E-state index in [1.54, 1.807) is 28.9 Å². The van der Waals surface area contributed by atoms with Crippen LogP contribution in [0.3, 0.4) is 0 Å². The molecule has 2 heterocycles. The van der Waals surface area contributed by atoms with Crippen LogP contribution in [-0.4, -0.2) is 23.0 Å². The molecule has 5 aromatic rings. The van der Waals surface area contributed by atoms with Crippen LogP contribution in [0, 0.1) is 6.92 Å². The normalized spacial score (nSPS) is 11.6. The second-order valence-corrected chi connectivity index (χ2v) is 11.6. The molecule has 7 nitrogen and oxygen atoms in total. The third-order valence-corrected chi connectivity index (χ3v) is 8.13. The van der Waals surface area contributed by atoms with Crippen LogP contribution in [0.4, 0.5) is 5.82 Å². The average molecular weight is 597 g/mol. The van der Waals surface area contributed by atoms with Crippen LogP contribution in [-0.2, 0) is 23.1 Å². The smallest absolute Gasteiger partial charge is 0.240 e. The molecule has 2 aromatic heterocycles. The maximum atomic E-state index is 12.6. The molecule has 0 saturated carbocycles. The maximum absolute atomic E-state index is 12.6. The monoisotopic (exact) mass is 595 g/mol. The predicted molar refractivity (Wildman–Crippen MR) is 150 cm³/mol. The first-order valence-electron chi connectivity index (χ1n) is 11.5. The van der Waals surface area contributed by atoms with Crippen LogP contribution < -0.4 is 10.0 Å². The summed E-state index contributed by atoms with van der Waals surface area (Å²) in [7, 11) is -3.58. The van der Waals surface area contributed by atoms with E-state index in [2.05, 4.69) is 31.1 Å². The summed E-state index contributed by atoms with van der Waals surface area (Å²) >= 11 is 9.94. The van der Waals surface area contributed by atoms with Gasteiger partial charge in [-0.3, -0.25) is 0 Å². The number of benzene rings is 3. The van der Waals surface area contributed by atoms with Gasteiger partial charge in [-0.1, -0.05) is 66.2 Å². The molecule has 0 amide bonds. The van der Waals surface area contributed by atoms with Crippen molar-refractivity contribution in [3.8, 4) is 11.3 Å². The number of halogens is 2. The highest BCUT2D eigenvalue weighted by Gasteiger charge is 2.15. The van der Waals surface area contributed by atoms with Gasteiger partial charge >= 0.3 is 0 Å². The lowest BCUT2D eigenvalue weighted by atomic mass is 10.1. The largest absolute Gasteiger partial charge is 0.366 e. The molecule has 0 radical (unpaired) electrons. The minimum absolute atomic E-state index is 0.206. The number of hydrogen-bond acceptors (Lipinski definition) is 5. The number of rotatable bonds is 8. The molecule has 0 unspecified atom stereocenters. The van der Waals surface area contributed by atoms with Gasteiger partial charge in [-0.2, -0.15) is 9.61 Å². The molecule has 10 heteroatoms. The van der Waals surface area contributed by atoms with Gasteiger partial charge in [0.2, 0.25) is 10.0 Å². The van der Waals surface area contributed by atoms with Crippen molar-refractivity contribution in [2.45, 2.75) is 24.9 Å². The van der Waals surface area contributed by atoms with Crippen molar-refractivity contribution >= 4 is 49.0 Å². The van der Waals surface area contributed by atoms with Crippen molar-refractivity contribution in [1.82, 2.24) is 19.3 Å². The summed E-state index contributed by atoms with van der Waals surface area (Å²) in [5.74, 6) is 0.764. The third kappa shape index (κ3) is 5.70. The zero-order valence-electron chi connectivity index (χ0n) is 19.8. The third-order valence-electron chi connectivity index (χ3n) is 5.84. The Labute approximate surface area is 228 Å². The first-order valence-corrected chi connectivity index (χ1v) is 14.1. The molecule has 3 aromatic carbocycles. The van der Waals surface area contributed by atoms with Gasteiger partial charge in [0.1, 0.15) is 5.82 Å². The summed E-state index contributed by atoms with van der Waals surface area (Å²) < 4.78 is 30.4. The number of sulfonamides is 1. The fourth-order valence-electron chi connectivity index (χ4n) is 3.88. The Kier molecular flexibility index (Phi) is 7.30. The highest BCUT2D eigenvalue weighted by molar-refractivity contribution is 9.10. The van der Waals surface area contributed by atoms with Gasteiger partial charge in [0.05, 0.1) is 21.3 Å². The molecule has 0 saturated heterocycles. The molecular formula is C27H23BrClN5O2S. The Balaban J connectivity index is 1.30. The Morgan fingerprint density at radius 2 is 1.68 bits per heavy atom. The molecule has 0 aliphatic heterocycles. The highest BCUT2D eigenvalue weighted by atomic mass is 79.9. The summed E-state index contributed by atoms with van der Waals surface area (Å²) in [5.41, 5.74) is 5.03. The molecule has 2 N–H and O–H groups in total. The van der Waals surface area contributed by atoms with E-state index in [4.69, 9.17) is 16.6 Å². The lowest BCUT2D eigenvalue weighted by Crippen LogP contribution is -2.23. The standard InChI is InChI=1S/C27H23BrClN5O2S/c1-18-5-4-6-21(13-18)37(35,36)32-16-20-11-9-19(10-12-20)15-30-26-14-25(22-7-2-3-8-24(22)29)33-27-23(28)17-31-34(26)27/h2-14,17,30,32H,15-16H2,1H3. The Morgan fingerprint density at radius 1 is 0.946 bits per heavy atom. The molecule has 0 spiro atoms. The van der Waals surface area contributed by atoms with Crippen molar-refractivity contribution in [1.29, 1.82) is 0 Å². The number of aryl methyl sites for hydroxylation is 1. The quantitative estimate of drug-likeness (QED) is 0.222. The van der Waals surface area contributed by atoms with Crippen LogP contribution >= 0.6 is 27.5 Å². The van der Waals surface area contributed by atoms with Gasteiger partial charge in [0.25, 0.3) is 0 Å². The molecule has 0 atom stereocenters. The van der Waals surface area contributed by atoms with Gasteiger partial charge in [-0.05, 0) is 57.7 Å². The molecule has 0 aliphatic rings. The Bertz CT molecular complexity index is 1690. The zero-order valence-corrected chi connectivity index (χ0v) is 23.0. The highest BCUT2D eigenvalue weighted by Crippen LogP contribution is 2.30. The van der Waals surface area contributed by atoms with E-state index < -0.39 is 10.0 Å². The van der Waals surface area contributed by atoms with Gasteiger partial charge in [0, 0.05) is 29.7 Å². The Hall–Kier alpha value is -3.24. The lowest BCUT2D eigenvalue weighted by Gasteiger charge is -2.12. The summed E-state index contributed by atoms with van der Waals surface area (Å²) in [5, 5.41) is 8.48. The summed E-state index contributed by atoms with van der Waals surface area (Å²) in [4.78, 5) is 5.00. The van der Waals surface area contributed by atoms with Crippen LogP contribution in [0.25, 0.3) is 16.9 Å². The second-order valence-electron chi connectivity index (χ2n) is 8.55. The van der Waals surface area contributed by atoms with E-state index in [-0.39, 0.29) is 11.4 Å². The van der Waals surface area contributed by atoms with Crippen LogP contribution in [0.15, 0.2) is 94.4 Å². The number of fused-ring (bicyclic) bond motifs is 1. The van der Waals surface area contributed by atoms with Crippen LogP contribution in [0.2, 0.25) is 5.02 Å². The molecular weight excluding hydrogens is 574 g/mol. The number of nitrogens with zero attached hydrogens (tertiary/aromatic N) is 3. The van der Waals surface area contributed by atoms with Crippen molar-refractivity contribution < 1.29 is 8.42 Å². The number of nitrogens with one attached hydrogen (secondary N) is 2. The number of anilines is 1. The summed E-state index contributed by atoms with van der Waals surface area (Å²) in [6.07, 6.45) is 1.70. The summed E-state index contributed by atoms with van der Waals surface area (Å²) in [6, 6.07) is 24.1. The number of aromatic nitrogens is 3. The first kappa shape index (κ1) is 25.4. The van der Waals surface area contributed by atoms with Crippen molar-refractivity contribution in [3.63, 3.8) is 0 Å².